The van der Waals surface area contributed by atoms with Gasteiger partial charge in [-0.25, -0.2) is 0 Å². The molecule has 2 aliphatic carbocycles. The van der Waals surface area contributed by atoms with Crippen LogP contribution in [0.4, 0.5) is 0 Å². The first-order chi connectivity index (χ1) is 13.5. The summed E-state index contributed by atoms with van der Waals surface area (Å²) in [6, 6.07) is 0.310. The number of hydrogen-bond donors (Lipinski definition) is 2. The van der Waals surface area contributed by atoms with Gasteiger partial charge in [-0.15, -0.1) is 11.8 Å². The lowest BCUT2D eigenvalue weighted by atomic mass is 9.72. The summed E-state index contributed by atoms with van der Waals surface area (Å²) in [6.07, 6.45) is 10.6. The molecule has 2 heterocycles. The molecule has 28 heavy (non-hydrogen) atoms. The van der Waals surface area contributed by atoms with Crippen LogP contribution in [0, 0.1) is 23.7 Å². The van der Waals surface area contributed by atoms with Crippen LogP contribution in [0.15, 0.2) is 0 Å². The van der Waals surface area contributed by atoms with E-state index in [4.69, 9.17) is 5.73 Å². The topological polar surface area (TPSA) is 92.5 Å². The van der Waals surface area contributed by atoms with Crippen molar-refractivity contribution in [3.05, 3.63) is 0 Å². The minimum Gasteiger partial charge on any atom is -0.369 e. The van der Waals surface area contributed by atoms with Gasteiger partial charge in [0.05, 0.1) is 17.2 Å². The average molecular weight is 408 g/mol. The van der Waals surface area contributed by atoms with Crippen molar-refractivity contribution in [2.75, 3.05) is 12.3 Å². The highest BCUT2D eigenvalue weighted by molar-refractivity contribution is 8.00. The first kappa shape index (κ1) is 20.0. The molecule has 6 nitrogen and oxygen atoms in total. The van der Waals surface area contributed by atoms with Crippen molar-refractivity contribution in [1.29, 1.82) is 0 Å². The van der Waals surface area contributed by atoms with Gasteiger partial charge in [-0.05, 0) is 43.3 Å². The van der Waals surface area contributed by atoms with Crippen molar-refractivity contribution in [1.82, 2.24) is 10.2 Å². The van der Waals surface area contributed by atoms with E-state index >= 15 is 0 Å². The van der Waals surface area contributed by atoms with Crippen molar-refractivity contribution in [3.8, 4) is 0 Å². The number of carbonyl (C=O) groups excluding carboxylic acids is 3. The quantitative estimate of drug-likeness (QED) is 0.748. The van der Waals surface area contributed by atoms with Gasteiger partial charge in [0.25, 0.3) is 0 Å². The number of likely N-dealkylation sites (tertiary alicyclic amines) is 1. The van der Waals surface area contributed by atoms with Gasteiger partial charge in [0, 0.05) is 19.0 Å². The molecule has 4 fully saturated rings. The zero-order valence-electron chi connectivity index (χ0n) is 16.6. The van der Waals surface area contributed by atoms with Crippen molar-refractivity contribution in [2.24, 2.45) is 29.4 Å². The van der Waals surface area contributed by atoms with Gasteiger partial charge < -0.3 is 16.0 Å². The maximum absolute atomic E-state index is 13.0. The van der Waals surface area contributed by atoms with Crippen LogP contribution in [0.25, 0.3) is 0 Å². The maximum atomic E-state index is 13.0. The van der Waals surface area contributed by atoms with E-state index in [2.05, 4.69) is 5.32 Å². The molecule has 7 heteroatoms. The first-order valence-electron chi connectivity index (χ1n) is 11.1. The molecule has 2 saturated carbocycles. The van der Waals surface area contributed by atoms with E-state index in [1.54, 1.807) is 11.8 Å². The highest BCUT2D eigenvalue weighted by Crippen LogP contribution is 2.45. The lowest BCUT2D eigenvalue weighted by molar-refractivity contribution is -0.131. The number of nitrogens with two attached hydrogens (primary N) is 1. The number of primary amides is 1. The van der Waals surface area contributed by atoms with Gasteiger partial charge in [0.2, 0.25) is 17.7 Å². The van der Waals surface area contributed by atoms with Crippen LogP contribution in [0.2, 0.25) is 0 Å². The van der Waals surface area contributed by atoms with Gasteiger partial charge in [0.15, 0.2) is 0 Å². The largest absolute Gasteiger partial charge is 0.369 e. The molecule has 4 aliphatic rings. The van der Waals surface area contributed by atoms with Crippen LogP contribution in [-0.2, 0) is 14.4 Å². The lowest BCUT2D eigenvalue weighted by Crippen LogP contribution is -2.53. The monoisotopic (exact) mass is 407 g/mol. The summed E-state index contributed by atoms with van der Waals surface area (Å²) in [7, 11) is 0. The molecule has 2 saturated heterocycles. The lowest BCUT2D eigenvalue weighted by Gasteiger charge is -2.44. The Kier molecular flexibility index (Phi) is 6.18. The number of rotatable bonds is 4. The number of thioether (sulfide) groups is 1. The number of nitrogens with one attached hydrogen (secondary N) is 1. The van der Waals surface area contributed by atoms with Crippen LogP contribution in [0.3, 0.4) is 0 Å². The Labute approximate surface area is 171 Å². The normalized spacial score (nSPS) is 36.8. The number of nitrogens with zero attached hydrogens (tertiary/aromatic N) is 1. The fourth-order valence-electron chi connectivity index (χ4n) is 5.87. The van der Waals surface area contributed by atoms with Gasteiger partial charge in [-0.1, -0.05) is 32.1 Å². The van der Waals surface area contributed by atoms with Crippen LogP contribution in [-0.4, -0.2) is 46.3 Å². The zero-order valence-corrected chi connectivity index (χ0v) is 17.4. The second-order valence-corrected chi connectivity index (χ2v) is 10.3. The standard InChI is InChI=1S/C21H33N3O3S/c22-19(26)18-16-9-5-4-6-13(16)12-28-21(18)23-20(27)14-10-17(25)24(11-14)15-7-2-1-3-8-15/h13-16,18,21H,1-12H2,(H2,22,26)(H,23,27)/t13?,14-,16?,18?,21?/m0/s1. The molecule has 0 spiro atoms. The first-order valence-corrected chi connectivity index (χ1v) is 12.1. The Bertz CT molecular complexity index is 622. The van der Waals surface area contributed by atoms with E-state index < -0.39 is 0 Å². The fourth-order valence-corrected chi connectivity index (χ4v) is 7.49. The highest BCUT2D eigenvalue weighted by atomic mass is 32.2. The summed E-state index contributed by atoms with van der Waals surface area (Å²) >= 11 is 1.67. The average Bonchev–Trinajstić information content (AvgIpc) is 3.10. The van der Waals surface area contributed by atoms with E-state index in [1.165, 1.54) is 25.7 Å². The molecule has 4 unspecified atom stereocenters. The smallest absolute Gasteiger partial charge is 0.226 e. The fraction of sp³-hybridized carbons (Fsp3) is 0.857. The third-order valence-corrected chi connectivity index (χ3v) is 8.79. The van der Waals surface area contributed by atoms with Crippen LogP contribution in [0.5, 0.6) is 0 Å². The van der Waals surface area contributed by atoms with Gasteiger partial charge >= 0.3 is 0 Å². The number of fused-ring (bicyclic) bond motifs is 1. The molecule has 0 aromatic carbocycles. The highest BCUT2D eigenvalue weighted by Gasteiger charge is 2.46. The van der Waals surface area contributed by atoms with Crippen LogP contribution >= 0.6 is 11.8 Å². The van der Waals surface area contributed by atoms with Gasteiger partial charge in [0.1, 0.15) is 0 Å². The second-order valence-electron chi connectivity index (χ2n) is 9.14. The number of hydrogen-bond acceptors (Lipinski definition) is 4. The molecule has 4 rings (SSSR count). The molecule has 3 amide bonds. The number of amides is 3. The van der Waals surface area contributed by atoms with Crippen LogP contribution < -0.4 is 11.1 Å². The van der Waals surface area contributed by atoms with E-state index in [0.29, 0.717) is 30.8 Å². The summed E-state index contributed by atoms with van der Waals surface area (Å²) in [5.41, 5.74) is 5.77. The molecule has 3 N–H and O–H groups in total. The Balaban J connectivity index is 1.38. The van der Waals surface area contributed by atoms with Crippen molar-refractivity contribution < 1.29 is 14.4 Å². The predicted molar refractivity (Wildman–Crippen MR) is 109 cm³/mol. The summed E-state index contributed by atoms with van der Waals surface area (Å²) in [4.78, 5) is 39.6. The van der Waals surface area contributed by atoms with Crippen molar-refractivity contribution in [3.63, 3.8) is 0 Å². The Hall–Kier alpha value is -1.24. The molecule has 0 aromatic heterocycles. The molecule has 2 aliphatic heterocycles. The maximum Gasteiger partial charge on any atom is 0.226 e. The second kappa shape index (κ2) is 8.64. The molecular weight excluding hydrogens is 374 g/mol. The third-order valence-electron chi connectivity index (χ3n) is 7.40. The Morgan fingerprint density at radius 1 is 1.04 bits per heavy atom. The molecular formula is C21H33N3O3S. The van der Waals surface area contributed by atoms with Gasteiger partial charge in [-0.2, -0.15) is 0 Å². The summed E-state index contributed by atoms with van der Waals surface area (Å²) in [6.45, 7) is 0.528. The zero-order chi connectivity index (χ0) is 19.7. The van der Waals surface area contributed by atoms with E-state index in [0.717, 1.165) is 37.9 Å². The van der Waals surface area contributed by atoms with Crippen molar-refractivity contribution >= 4 is 29.5 Å². The molecule has 5 atom stereocenters. The van der Waals surface area contributed by atoms with E-state index in [9.17, 15) is 14.4 Å². The predicted octanol–water partition coefficient (Wildman–Crippen LogP) is 2.26. The summed E-state index contributed by atoms with van der Waals surface area (Å²) in [5.74, 6) is 0.970. The van der Waals surface area contributed by atoms with E-state index in [1.807, 2.05) is 4.90 Å². The molecule has 0 bridgehead atoms. The van der Waals surface area contributed by atoms with Crippen molar-refractivity contribution in [2.45, 2.75) is 75.6 Å². The summed E-state index contributed by atoms with van der Waals surface area (Å²) < 4.78 is 0. The Morgan fingerprint density at radius 2 is 1.75 bits per heavy atom. The van der Waals surface area contributed by atoms with Crippen LogP contribution in [0.1, 0.15) is 64.2 Å². The third kappa shape index (κ3) is 4.05. The Morgan fingerprint density at radius 3 is 2.50 bits per heavy atom. The minimum atomic E-state index is -0.298. The summed E-state index contributed by atoms with van der Waals surface area (Å²) in [5, 5.41) is 2.87. The molecule has 0 aromatic rings. The number of carbonyl (C=O) groups is 3. The molecule has 0 radical (unpaired) electrons. The van der Waals surface area contributed by atoms with Gasteiger partial charge in [-0.3, -0.25) is 14.4 Å². The SMILES string of the molecule is NC(=O)C1C(NC(=O)[C@H]2CC(=O)N(C3CCCCC3)C2)SCC2CCCCC21. The van der Waals surface area contributed by atoms with E-state index in [-0.39, 0.29) is 34.9 Å². The molecule has 156 valence electrons. The minimum absolute atomic E-state index is 0.0790.